The van der Waals surface area contributed by atoms with Crippen LogP contribution in [0.5, 0.6) is 0 Å². The van der Waals surface area contributed by atoms with Gasteiger partial charge in [-0.15, -0.1) is 0 Å². The van der Waals surface area contributed by atoms with E-state index in [1.54, 1.807) is 41.4 Å². The van der Waals surface area contributed by atoms with Gasteiger partial charge in [-0.1, -0.05) is 12.1 Å². The van der Waals surface area contributed by atoms with Gasteiger partial charge in [-0.2, -0.15) is 5.26 Å². The molecule has 1 saturated heterocycles. The highest BCUT2D eigenvalue weighted by Crippen LogP contribution is 2.31. The van der Waals surface area contributed by atoms with Crippen LogP contribution in [0.25, 0.3) is 33.3 Å². The molecular weight excluding hydrogens is 468 g/mol. The topological polar surface area (TPSA) is 148 Å². The SMILES string of the molecule is N#Cc1ccc(N2CCN(C(=O)c3ccc4[nH]c(-c5nc6ccccc6[nH]c5=O)c(N)c4c3)CC2)nc1. The van der Waals surface area contributed by atoms with E-state index in [0.717, 1.165) is 11.3 Å². The Morgan fingerprint density at radius 2 is 1.81 bits per heavy atom. The average Bonchev–Trinajstić information content (AvgIpc) is 3.27. The molecule has 182 valence electrons. The molecular formula is C27H22N8O2. The summed E-state index contributed by atoms with van der Waals surface area (Å²) in [7, 11) is 0. The number of rotatable bonds is 3. The Morgan fingerprint density at radius 3 is 2.57 bits per heavy atom. The standard InChI is InChI=1S/C27H22N8O2/c28-14-16-5-8-22(30-15-16)34-9-11-35(12-10-34)27(37)17-6-7-19-18(13-17)23(29)24(31-19)25-26(36)33-21-4-2-1-3-20(21)32-25/h1-8,13,15,31H,9-12,29H2,(H,33,36). The lowest BCUT2D eigenvalue weighted by Gasteiger charge is -2.35. The van der Waals surface area contributed by atoms with Crippen LogP contribution >= 0.6 is 0 Å². The molecule has 4 N–H and O–H groups in total. The van der Waals surface area contributed by atoms with Crippen LogP contribution in [-0.4, -0.2) is 56.9 Å². The number of H-pyrrole nitrogens is 2. The van der Waals surface area contributed by atoms with Crippen molar-refractivity contribution in [1.29, 1.82) is 5.26 Å². The number of fused-ring (bicyclic) bond motifs is 2. The number of aromatic nitrogens is 4. The molecule has 1 aliphatic rings. The average molecular weight is 491 g/mol. The molecule has 0 atom stereocenters. The lowest BCUT2D eigenvalue weighted by molar-refractivity contribution is 0.0746. The summed E-state index contributed by atoms with van der Waals surface area (Å²) in [6.45, 7) is 2.37. The van der Waals surface area contributed by atoms with Crippen LogP contribution in [0.15, 0.2) is 65.6 Å². The molecule has 37 heavy (non-hydrogen) atoms. The second-order valence-corrected chi connectivity index (χ2v) is 8.90. The van der Waals surface area contributed by atoms with E-state index in [-0.39, 0.29) is 17.2 Å². The number of hydrogen-bond acceptors (Lipinski definition) is 7. The molecule has 6 rings (SSSR count). The van der Waals surface area contributed by atoms with Crippen LogP contribution in [0, 0.1) is 11.3 Å². The Bertz CT molecular complexity index is 1760. The summed E-state index contributed by atoms with van der Waals surface area (Å²) < 4.78 is 0. The number of piperazine rings is 1. The van der Waals surface area contributed by atoms with Gasteiger partial charge in [0, 0.05) is 48.8 Å². The number of carbonyl (C=O) groups is 1. The molecule has 10 nitrogen and oxygen atoms in total. The molecule has 3 aromatic heterocycles. The van der Waals surface area contributed by atoms with Crippen molar-refractivity contribution in [3.63, 3.8) is 0 Å². The number of nitrogens with zero attached hydrogens (tertiary/aromatic N) is 5. The zero-order valence-corrected chi connectivity index (χ0v) is 19.7. The zero-order valence-electron chi connectivity index (χ0n) is 19.7. The third-order valence-electron chi connectivity index (χ3n) is 6.69. The minimum Gasteiger partial charge on any atom is -0.396 e. The lowest BCUT2D eigenvalue weighted by atomic mass is 10.1. The highest BCUT2D eigenvalue weighted by molar-refractivity contribution is 6.04. The van der Waals surface area contributed by atoms with Gasteiger partial charge in [0.15, 0.2) is 5.69 Å². The molecule has 0 radical (unpaired) electrons. The van der Waals surface area contributed by atoms with Gasteiger partial charge in [0.1, 0.15) is 11.9 Å². The van der Waals surface area contributed by atoms with E-state index in [9.17, 15) is 9.59 Å². The maximum Gasteiger partial charge on any atom is 0.276 e. The number of nitriles is 1. The van der Waals surface area contributed by atoms with Crippen LogP contribution in [0.1, 0.15) is 15.9 Å². The summed E-state index contributed by atoms with van der Waals surface area (Å²) in [6, 6.07) is 18.3. The molecule has 0 spiro atoms. The van der Waals surface area contributed by atoms with E-state index in [2.05, 4.69) is 30.9 Å². The predicted octanol–water partition coefficient (Wildman–Crippen LogP) is 2.88. The molecule has 0 aliphatic carbocycles. The number of benzene rings is 2. The zero-order chi connectivity index (χ0) is 25.5. The van der Waals surface area contributed by atoms with Crippen molar-refractivity contribution in [2.24, 2.45) is 0 Å². The Kier molecular flexibility index (Phi) is 5.31. The summed E-state index contributed by atoms with van der Waals surface area (Å²) >= 11 is 0. The molecule has 1 amide bonds. The third-order valence-corrected chi connectivity index (χ3v) is 6.69. The largest absolute Gasteiger partial charge is 0.396 e. The molecule has 1 aliphatic heterocycles. The highest BCUT2D eigenvalue weighted by atomic mass is 16.2. The normalized spacial score (nSPS) is 13.7. The number of nitrogens with two attached hydrogens (primary N) is 1. The molecule has 0 unspecified atom stereocenters. The number of amides is 1. The number of carbonyl (C=O) groups excluding carboxylic acids is 1. The fourth-order valence-electron chi connectivity index (χ4n) is 4.69. The number of anilines is 2. The van der Waals surface area contributed by atoms with Crippen molar-refractivity contribution in [3.05, 3.63) is 82.3 Å². The fraction of sp³-hybridized carbons (Fsp3) is 0.148. The molecule has 0 bridgehead atoms. The lowest BCUT2D eigenvalue weighted by Crippen LogP contribution is -2.49. The van der Waals surface area contributed by atoms with Gasteiger partial charge < -0.3 is 25.5 Å². The first-order chi connectivity index (χ1) is 18.0. The minimum absolute atomic E-state index is 0.0850. The highest BCUT2D eigenvalue weighted by Gasteiger charge is 2.24. The van der Waals surface area contributed by atoms with Crippen LogP contribution in [0.4, 0.5) is 11.5 Å². The molecule has 10 heteroatoms. The van der Waals surface area contributed by atoms with Crippen molar-refractivity contribution in [2.45, 2.75) is 0 Å². The van der Waals surface area contributed by atoms with Gasteiger partial charge in [0.25, 0.3) is 11.5 Å². The first kappa shape index (κ1) is 22.3. The second-order valence-electron chi connectivity index (χ2n) is 8.90. The van der Waals surface area contributed by atoms with Crippen LogP contribution in [-0.2, 0) is 0 Å². The van der Waals surface area contributed by atoms with E-state index in [0.29, 0.717) is 65.1 Å². The van der Waals surface area contributed by atoms with Crippen molar-refractivity contribution < 1.29 is 4.79 Å². The summed E-state index contributed by atoms with van der Waals surface area (Å²) in [5.74, 6) is 0.704. The van der Waals surface area contributed by atoms with E-state index < -0.39 is 0 Å². The van der Waals surface area contributed by atoms with E-state index in [1.807, 2.05) is 24.3 Å². The second kappa shape index (κ2) is 8.80. The first-order valence-corrected chi connectivity index (χ1v) is 11.8. The van der Waals surface area contributed by atoms with Gasteiger partial charge in [0.05, 0.1) is 28.0 Å². The summed E-state index contributed by atoms with van der Waals surface area (Å²) in [5.41, 5.74) is 10.2. The Balaban J connectivity index is 1.24. The van der Waals surface area contributed by atoms with Crippen molar-refractivity contribution in [2.75, 3.05) is 36.8 Å². The monoisotopic (exact) mass is 490 g/mol. The molecule has 4 heterocycles. The van der Waals surface area contributed by atoms with Gasteiger partial charge in [-0.25, -0.2) is 9.97 Å². The Hall–Kier alpha value is -5.17. The fourth-order valence-corrected chi connectivity index (χ4v) is 4.69. The number of para-hydroxylation sites is 2. The van der Waals surface area contributed by atoms with Crippen molar-refractivity contribution in [1.82, 2.24) is 24.8 Å². The number of nitrogens with one attached hydrogen (secondary N) is 2. The number of pyridine rings is 1. The van der Waals surface area contributed by atoms with Gasteiger partial charge >= 0.3 is 0 Å². The summed E-state index contributed by atoms with van der Waals surface area (Å²) in [4.78, 5) is 44.8. The summed E-state index contributed by atoms with van der Waals surface area (Å²) in [5, 5.41) is 9.62. The Labute approximate surface area is 211 Å². The Morgan fingerprint density at radius 1 is 1.00 bits per heavy atom. The van der Waals surface area contributed by atoms with E-state index in [4.69, 9.17) is 11.0 Å². The van der Waals surface area contributed by atoms with E-state index in [1.165, 1.54) is 0 Å². The molecule has 1 fully saturated rings. The first-order valence-electron chi connectivity index (χ1n) is 11.8. The number of nitrogen functional groups attached to an aromatic ring is 1. The minimum atomic E-state index is -0.345. The number of hydrogen-bond donors (Lipinski definition) is 3. The predicted molar refractivity (Wildman–Crippen MR) is 141 cm³/mol. The smallest absolute Gasteiger partial charge is 0.276 e. The van der Waals surface area contributed by atoms with Crippen LogP contribution < -0.4 is 16.2 Å². The van der Waals surface area contributed by atoms with E-state index >= 15 is 0 Å². The maximum atomic E-state index is 13.3. The van der Waals surface area contributed by atoms with Crippen molar-refractivity contribution in [3.8, 4) is 17.5 Å². The number of aromatic amines is 2. The maximum absolute atomic E-state index is 13.3. The van der Waals surface area contributed by atoms with Gasteiger partial charge in [-0.05, 0) is 42.5 Å². The quantitative estimate of drug-likeness (QED) is 0.352. The van der Waals surface area contributed by atoms with Gasteiger partial charge in [-0.3, -0.25) is 9.59 Å². The molecule has 0 saturated carbocycles. The van der Waals surface area contributed by atoms with Gasteiger partial charge in [0.2, 0.25) is 0 Å². The molecule has 2 aromatic carbocycles. The summed E-state index contributed by atoms with van der Waals surface area (Å²) in [6.07, 6.45) is 1.55. The molecule has 5 aromatic rings. The van der Waals surface area contributed by atoms with Crippen LogP contribution in [0.2, 0.25) is 0 Å². The van der Waals surface area contributed by atoms with Crippen molar-refractivity contribution >= 4 is 39.3 Å². The van der Waals surface area contributed by atoms with Crippen LogP contribution in [0.3, 0.4) is 0 Å². The third kappa shape index (κ3) is 3.92.